The number of fused-ring (bicyclic) bond motifs is 1. The fourth-order valence-corrected chi connectivity index (χ4v) is 2.89. The molecule has 0 aliphatic carbocycles. The normalized spacial score (nSPS) is 22.2. The minimum absolute atomic E-state index is 0.0743. The molecule has 2 aromatic rings. The van der Waals surface area contributed by atoms with Crippen molar-refractivity contribution in [2.75, 3.05) is 19.7 Å². The van der Waals surface area contributed by atoms with Crippen molar-refractivity contribution in [1.82, 2.24) is 15.1 Å². The van der Waals surface area contributed by atoms with Crippen LogP contribution in [0.1, 0.15) is 6.42 Å². The SMILES string of the molecule is O=C([C@H]1COc2ccccc2O1)N1CC[C@@H](Oc2cccnn2)C1. The van der Waals surface area contributed by atoms with Gasteiger partial charge >= 0.3 is 0 Å². The number of benzene rings is 1. The lowest BCUT2D eigenvalue weighted by atomic mass is 10.2. The lowest BCUT2D eigenvalue weighted by Crippen LogP contribution is -2.46. The minimum atomic E-state index is -0.616. The van der Waals surface area contributed by atoms with Crippen LogP contribution in [0.4, 0.5) is 0 Å². The van der Waals surface area contributed by atoms with E-state index in [1.54, 1.807) is 29.3 Å². The third-order valence-corrected chi connectivity index (χ3v) is 4.08. The molecule has 7 heteroatoms. The zero-order valence-corrected chi connectivity index (χ0v) is 13.0. The largest absolute Gasteiger partial charge is 0.485 e. The number of para-hydroxylation sites is 2. The van der Waals surface area contributed by atoms with Gasteiger partial charge in [0.25, 0.3) is 5.91 Å². The second-order valence-corrected chi connectivity index (χ2v) is 5.74. The molecule has 7 nitrogen and oxygen atoms in total. The van der Waals surface area contributed by atoms with E-state index in [1.807, 2.05) is 18.2 Å². The zero-order valence-electron chi connectivity index (χ0n) is 13.0. The molecule has 2 aliphatic rings. The molecule has 1 aromatic carbocycles. The quantitative estimate of drug-likeness (QED) is 0.846. The molecule has 1 amide bonds. The molecule has 1 fully saturated rings. The molecule has 1 aromatic heterocycles. The monoisotopic (exact) mass is 327 g/mol. The average Bonchev–Trinajstić information content (AvgIpc) is 3.10. The van der Waals surface area contributed by atoms with Crippen LogP contribution in [0.15, 0.2) is 42.6 Å². The Morgan fingerprint density at radius 2 is 2.08 bits per heavy atom. The summed E-state index contributed by atoms with van der Waals surface area (Å²) in [6.07, 6.45) is 1.65. The molecule has 0 saturated carbocycles. The molecule has 0 unspecified atom stereocenters. The smallest absolute Gasteiger partial charge is 0.267 e. The van der Waals surface area contributed by atoms with Crippen LogP contribution in [0.3, 0.4) is 0 Å². The van der Waals surface area contributed by atoms with E-state index >= 15 is 0 Å². The van der Waals surface area contributed by atoms with Crippen molar-refractivity contribution in [3.05, 3.63) is 42.6 Å². The van der Waals surface area contributed by atoms with Gasteiger partial charge < -0.3 is 19.1 Å². The molecule has 3 heterocycles. The van der Waals surface area contributed by atoms with E-state index in [2.05, 4.69) is 10.2 Å². The van der Waals surface area contributed by atoms with E-state index in [4.69, 9.17) is 14.2 Å². The zero-order chi connectivity index (χ0) is 16.4. The Morgan fingerprint density at radius 3 is 2.92 bits per heavy atom. The van der Waals surface area contributed by atoms with Gasteiger partial charge in [-0.05, 0) is 18.2 Å². The number of ether oxygens (including phenoxy) is 3. The molecule has 124 valence electrons. The Kier molecular flexibility index (Phi) is 3.90. The number of rotatable bonds is 3. The lowest BCUT2D eigenvalue weighted by molar-refractivity contribution is -0.140. The third-order valence-electron chi connectivity index (χ3n) is 4.08. The summed E-state index contributed by atoms with van der Waals surface area (Å²) in [6.45, 7) is 1.37. The predicted molar refractivity (Wildman–Crippen MR) is 84.0 cm³/mol. The van der Waals surface area contributed by atoms with Gasteiger partial charge in [-0.1, -0.05) is 12.1 Å². The standard InChI is InChI=1S/C17H17N3O4/c21-17(15-11-22-13-4-1-2-5-14(13)24-15)20-9-7-12(10-20)23-16-6-3-8-18-19-16/h1-6,8,12,15H,7,9-11H2/t12-,15-/m1/s1. The van der Waals surface area contributed by atoms with Gasteiger partial charge in [-0.25, -0.2) is 0 Å². The average molecular weight is 327 g/mol. The Labute approximate surface area is 139 Å². The minimum Gasteiger partial charge on any atom is -0.485 e. The van der Waals surface area contributed by atoms with Crippen molar-refractivity contribution in [1.29, 1.82) is 0 Å². The topological polar surface area (TPSA) is 73.8 Å². The van der Waals surface area contributed by atoms with Crippen LogP contribution in [-0.2, 0) is 4.79 Å². The van der Waals surface area contributed by atoms with Crippen LogP contribution in [-0.4, -0.2) is 52.9 Å². The van der Waals surface area contributed by atoms with E-state index in [9.17, 15) is 4.79 Å². The Hall–Kier alpha value is -2.83. The molecule has 2 aliphatic heterocycles. The highest BCUT2D eigenvalue weighted by molar-refractivity contribution is 5.82. The molecule has 24 heavy (non-hydrogen) atoms. The van der Waals surface area contributed by atoms with Crippen molar-refractivity contribution in [3.63, 3.8) is 0 Å². The molecule has 0 bridgehead atoms. The van der Waals surface area contributed by atoms with E-state index in [0.29, 0.717) is 30.5 Å². The molecular weight excluding hydrogens is 310 g/mol. The molecule has 1 saturated heterocycles. The number of carbonyl (C=O) groups is 1. The van der Waals surface area contributed by atoms with Gasteiger partial charge in [0, 0.05) is 25.2 Å². The number of aromatic nitrogens is 2. The van der Waals surface area contributed by atoms with Gasteiger partial charge in [0.1, 0.15) is 12.7 Å². The summed E-state index contributed by atoms with van der Waals surface area (Å²) < 4.78 is 17.2. The first-order valence-electron chi connectivity index (χ1n) is 7.91. The third kappa shape index (κ3) is 2.97. The number of hydrogen-bond donors (Lipinski definition) is 0. The van der Waals surface area contributed by atoms with E-state index in [0.717, 1.165) is 6.42 Å². The Morgan fingerprint density at radius 1 is 1.21 bits per heavy atom. The molecule has 0 N–H and O–H groups in total. The van der Waals surface area contributed by atoms with Gasteiger partial charge in [0.05, 0.1) is 6.54 Å². The highest BCUT2D eigenvalue weighted by Crippen LogP contribution is 2.31. The van der Waals surface area contributed by atoms with Crippen LogP contribution in [0.5, 0.6) is 17.4 Å². The van der Waals surface area contributed by atoms with Crippen molar-refractivity contribution < 1.29 is 19.0 Å². The van der Waals surface area contributed by atoms with Crippen molar-refractivity contribution in [3.8, 4) is 17.4 Å². The Balaban J connectivity index is 1.36. The van der Waals surface area contributed by atoms with Crippen LogP contribution in [0, 0.1) is 0 Å². The summed E-state index contributed by atoms with van der Waals surface area (Å²) in [5.74, 6) is 1.68. The molecule has 0 spiro atoms. The number of hydrogen-bond acceptors (Lipinski definition) is 6. The fourth-order valence-electron chi connectivity index (χ4n) is 2.89. The van der Waals surface area contributed by atoms with E-state index < -0.39 is 6.10 Å². The predicted octanol–water partition coefficient (Wildman–Crippen LogP) is 1.30. The van der Waals surface area contributed by atoms with Crippen LogP contribution in [0.25, 0.3) is 0 Å². The van der Waals surface area contributed by atoms with E-state index in [1.165, 1.54) is 0 Å². The van der Waals surface area contributed by atoms with Crippen molar-refractivity contribution in [2.24, 2.45) is 0 Å². The number of carbonyl (C=O) groups excluding carboxylic acids is 1. The summed E-state index contributed by atoms with van der Waals surface area (Å²) in [7, 11) is 0. The summed E-state index contributed by atoms with van der Waals surface area (Å²) in [4.78, 5) is 14.4. The second-order valence-electron chi connectivity index (χ2n) is 5.74. The van der Waals surface area contributed by atoms with Crippen molar-refractivity contribution >= 4 is 5.91 Å². The van der Waals surface area contributed by atoms with Crippen molar-refractivity contribution in [2.45, 2.75) is 18.6 Å². The van der Waals surface area contributed by atoms with Gasteiger partial charge in [0.2, 0.25) is 12.0 Å². The van der Waals surface area contributed by atoms with E-state index in [-0.39, 0.29) is 18.6 Å². The van der Waals surface area contributed by atoms with Crippen LogP contribution in [0.2, 0.25) is 0 Å². The first-order valence-corrected chi connectivity index (χ1v) is 7.91. The molecule has 2 atom stereocenters. The first kappa shape index (κ1) is 14.7. The maximum Gasteiger partial charge on any atom is 0.267 e. The number of nitrogens with zero attached hydrogens (tertiary/aromatic N) is 3. The highest BCUT2D eigenvalue weighted by atomic mass is 16.6. The van der Waals surface area contributed by atoms with Gasteiger partial charge in [-0.15, -0.1) is 5.10 Å². The molecular formula is C17H17N3O4. The van der Waals surface area contributed by atoms with Crippen LogP contribution < -0.4 is 14.2 Å². The molecule has 0 radical (unpaired) electrons. The summed E-state index contributed by atoms with van der Waals surface area (Å²) in [5, 5.41) is 7.69. The second kappa shape index (κ2) is 6.35. The maximum atomic E-state index is 12.6. The van der Waals surface area contributed by atoms with Gasteiger partial charge in [-0.2, -0.15) is 5.10 Å². The van der Waals surface area contributed by atoms with Gasteiger partial charge in [0.15, 0.2) is 11.5 Å². The number of likely N-dealkylation sites (tertiary alicyclic amines) is 1. The number of amides is 1. The van der Waals surface area contributed by atoms with Crippen LogP contribution >= 0.6 is 0 Å². The summed E-state index contributed by atoms with van der Waals surface area (Å²) in [5.41, 5.74) is 0. The van der Waals surface area contributed by atoms with Gasteiger partial charge in [-0.3, -0.25) is 4.79 Å². The summed E-state index contributed by atoms with van der Waals surface area (Å²) in [6, 6.07) is 10.9. The fraction of sp³-hybridized carbons (Fsp3) is 0.353. The Bertz CT molecular complexity index is 725. The molecule has 4 rings (SSSR count). The summed E-state index contributed by atoms with van der Waals surface area (Å²) >= 11 is 0. The first-order chi connectivity index (χ1) is 11.8. The highest BCUT2D eigenvalue weighted by Gasteiger charge is 2.35. The lowest BCUT2D eigenvalue weighted by Gasteiger charge is -2.28. The maximum absolute atomic E-state index is 12.6.